The van der Waals surface area contributed by atoms with Crippen molar-refractivity contribution in [2.45, 2.75) is 9.79 Å². The first-order valence-electron chi connectivity index (χ1n) is 4.53. The molecule has 0 aromatic heterocycles. The summed E-state index contributed by atoms with van der Waals surface area (Å²) in [5, 5.41) is 0.629. The normalized spacial score (nSPS) is 10.4. The topological polar surface area (TPSA) is 0 Å². The minimum atomic E-state index is -0.571. The van der Waals surface area contributed by atoms with Gasteiger partial charge in [0.15, 0.2) is 0 Å². The Kier molecular flexibility index (Phi) is 3.46. The predicted molar refractivity (Wildman–Crippen MR) is 61.9 cm³/mol. The van der Waals surface area contributed by atoms with Crippen LogP contribution in [0.4, 0.5) is 8.78 Å². The molecule has 0 fully saturated rings. The zero-order valence-electron chi connectivity index (χ0n) is 8.08. The number of rotatable bonds is 2. The second kappa shape index (κ2) is 4.85. The largest absolute Gasteiger partial charge is 0.207 e. The van der Waals surface area contributed by atoms with Gasteiger partial charge in [0, 0.05) is 20.9 Å². The van der Waals surface area contributed by atoms with E-state index in [2.05, 4.69) is 0 Å². The molecule has 2 aromatic carbocycles. The molecular formula is C12H7ClF2S. The third-order valence-corrected chi connectivity index (χ3v) is 3.25. The van der Waals surface area contributed by atoms with Crippen LogP contribution in [0, 0.1) is 11.6 Å². The van der Waals surface area contributed by atoms with E-state index >= 15 is 0 Å². The molecule has 0 heterocycles. The molecule has 2 aromatic rings. The molecule has 2 rings (SSSR count). The molecule has 0 atom stereocenters. The van der Waals surface area contributed by atoms with Gasteiger partial charge >= 0.3 is 0 Å². The van der Waals surface area contributed by atoms with E-state index in [-0.39, 0.29) is 0 Å². The highest BCUT2D eigenvalue weighted by Gasteiger charge is 2.05. The zero-order chi connectivity index (χ0) is 11.5. The lowest BCUT2D eigenvalue weighted by Crippen LogP contribution is -1.83. The summed E-state index contributed by atoms with van der Waals surface area (Å²) in [6.07, 6.45) is 0. The van der Waals surface area contributed by atoms with Crippen LogP contribution in [0.5, 0.6) is 0 Å². The van der Waals surface area contributed by atoms with Crippen LogP contribution in [0.25, 0.3) is 0 Å². The predicted octanol–water partition coefficient (Wildman–Crippen LogP) is 4.77. The fraction of sp³-hybridized carbons (Fsp3) is 0. The van der Waals surface area contributed by atoms with Crippen molar-refractivity contribution in [1.29, 1.82) is 0 Å². The minimum Gasteiger partial charge on any atom is -0.207 e. The van der Waals surface area contributed by atoms with Gasteiger partial charge in [0.05, 0.1) is 0 Å². The van der Waals surface area contributed by atoms with E-state index in [1.165, 1.54) is 23.9 Å². The van der Waals surface area contributed by atoms with E-state index in [9.17, 15) is 8.78 Å². The van der Waals surface area contributed by atoms with Crippen molar-refractivity contribution in [2.75, 3.05) is 0 Å². The first-order chi connectivity index (χ1) is 7.65. The van der Waals surface area contributed by atoms with Crippen molar-refractivity contribution in [3.63, 3.8) is 0 Å². The highest BCUT2D eigenvalue weighted by Crippen LogP contribution is 2.30. The maximum absolute atomic E-state index is 13.3. The van der Waals surface area contributed by atoms with Gasteiger partial charge in [0.1, 0.15) is 11.6 Å². The molecule has 0 bridgehead atoms. The molecule has 0 aliphatic rings. The smallest absolute Gasteiger partial charge is 0.140 e. The molecule has 0 N–H and O–H groups in total. The average Bonchev–Trinajstić information content (AvgIpc) is 2.25. The van der Waals surface area contributed by atoms with Gasteiger partial charge in [-0.05, 0) is 36.4 Å². The summed E-state index contributed by atoms with van der Waals surface area (Å²) in [5.41, 5.74) is 0. The molecule has 0 radical (unpaired) electrons. The van der Waals surface area contributed by atoms with E-state index in [1.54, 1.807) is 24.3 Å². The van der Waals surface area contributed by atoms with Crippen molar-refractivity contribution >= 4 is 23.4 Å². The van der Waals surface area contributed by atoms with Crippen LogP contribution in [0.3, 0.4) is 0 Å². The maximum Gasteiger partial charge on any atom is 0.140 e. The molecule has 0 spiro atoms. The second-order valence-corrected chi connectivity index (χ2v) is 4.68. The van der Waals surface area contributed by atoms with Gasteiger partial charge in [0.25, 0.3) is 0 Å². The molecule has 4 heteroatoms. The van der Waals surface area contributed by atoms with Crippen LogP contribution < -0.4 is 0 Å². The first kappa shape index (κ1) is 11.4. The molecule has 0 saturated heterocycles. The Bertz CT molecular complexity index is 497. The summed E-state index contributed by atoms with van der Waals surface area (Å²) in [5.74, 6) is -1.13. The van der Waals surface area contributed by atoms with Gasteiger partial charge in [-0.1, -0.05) is 23.4 Å². The molecule has 16 heavy (non-hydrogen) atoms. The summed E-state index contributed by atoms with van der Waals surface area (Å²) in [6, 6.07) is 10.6. The van der Waals surface area contributed by atoms with Crippen molar-refractivity contribution in [2.24, 2.45) is 0 Å². The van der Waals surface area contributed by atoms with E-state index in [0.717, 1.165) is 11.0 Å². The van der Waals surface area contributed by atoms with Gasteiger partial charge in [-0.25, -0.2) is 8.78 Å². The zero-order valence-corrected chi connectivity index (χ0v) is 9.66. The molecule has 0 aliphatic carbocycles. The molecule has 0 amide bonds. The Balaban J connectivity index is 2.23. The maximum atomic E-state index is 13.3. The summed E-state index contributed by atoms with van der Waals surface area (Å²) in [6.45, 7) is 0. The van der Waals surface area contributed by atoms with Crippen LogP contribution in [0.2, 0.25) is 5.02 Å². The van der Waals surface area contributed by atoms with Crippen molar-refractivity contribution < 1.29 is 8.78 Å². The van der Waals surface area contributed by atoms with E-state index in [4.69, 9.17) is 11.6 Å². The summed E-state index contributed by atoms with van der Waals surface area (Å²) in [7, 11) is 0. The van der Waals surface area contributed by atoms with E-state index < -0.39 is 11.6 Å². The Morgan fingerprint density at radius 2 is 1.62 bits per heavy atom. The third-order valence-electron chi connectivity index (χ3n) is 1.94. The van der Waals surface area contributed by atoms with Crippen LogP contribution in [0.15, 0.2) is 52.3 Å². The monoisotopic (exact) mass is 256 g/mol. The minimum absolute atomic E-state index is 0.392. The highest BCUT2D eigenvalue weighted by molar-refractivity contribution is 7.99. The SMILES string of the molecule is Fc1ccc(Sc2ccc(Cl)cc2)c(F)c1. The second-order valence-electron chi connectivity index (χ2n) is 3.13. The molecular weight excluding hydrogens is 250 g/mol. The lowest BCUT2D eigenvalue weighted by atomic mass is 10.3. The Labute approximate surface area is 101 Å². The Morgan fingerprint density at radius 1 is 0.938 bits per heavy atom. The van der Waals surface area contributed by atoms with E-state index in [0.29, 0.717) is 9.92 Å². The van der Waals surface area contributed by atoms with Crippen LogP contribution >= 0.6 is 23.4 Å². The quantitative estimate of drug-likeness (QED) is 0.746. The fourth-order valence-electron chi connectivity index (χ4n) is 1.19. The summed E-state index contributed by atoms with van der Waals surface area (Å²) >= 11 is 6.97. The van der Waals surface area contributed by atoms with Gasteiger partial charge in [0.2, 0.25) is 0 Å². The molecule has 0 saturated carbocycles. The van der Waals surface area contributed by atoms with Crippen molar-refractivity contribution in [3.8, 4) is 0 Å². The number of hydrogen-bond donors (Lipinski definition) is 0. The lowest BCUT2D eigenvalue weighted by molar-refractivity contribution is 0.565. The van der Waals surface area contributed by atoms with E-state index in [1.807, 2.05) is 0 Å². The summed E-state index contributed by atoms with van der Waals surface area (Å²) < 4.78 is 26.0. The van der Waals surface area contributed by atoms with Crippen LogP contribution in [0.1, 0.15) is 0 Å². The number of benzene rings is 2. The molecule has 0 aliphatic heterocycles. The van der Waals surface area contributed by atoms with Crippen molar-refractivity contribution in [1.82, 2.24) is 0 Å². The standard InChI is InChI=1S/C12H7ClF2S/c13-8-1-4-10(5-2-8)16-12-6-3-9(14)7-11(12)15/h1-7H. The number of halogens is 3. The number of hydrogen-bond acceptors (Lipinski definition) is 1. The summed E-state index contributed by atoms with van der Waals surface area (Å²) in [4.78, 5) is 1.25. The van der Waals surface area contributed by atoms with Crippen molar-refractivity contribution in [3.05, 3.63) is 59.1 Å². The van der Waals surface area contributed by atoms with Crippen LogP contribution in [-0.2, 0) is 0 Å². The molecule has 82 valence electrons. The highest BCUT2D eigenvalue weighted by atomic mass is 35.5. The van der Waals surface area contributed by atoms with Gasteiger partial charge < -0.3 is 0 Å². The molecule has 0 nitrogen and oxygen atoms in total. The van der Waals surface area contributed by atoms with Gasteiger partial charge in [-0.15, -0.1) is 0 Å². The Hall–Kier alpha value is -1.06. The van der Waals surface area contributed by atoms with Gasteiger partial charge in [-0.3, -0.25) is 0 Å². The fourth-order valence-corrected chi connectivity index (χ4v) is 2.13. The Morgan fingerprint density at radius 3 is 2.25 bits per heavy atom. The average molecular weight is 257 g/mol. The molecule has 0 unspecified atom stereocenters. The first-order valence-corrected chi connectivity index (χ1v) is 5.73. The van der Waals surface area contributed by atoms with Crippen LogP contribution in [-0.4, -0.2) is 0 Å². The van der Waals surface area contributed by atoms with Gasteiger partial charge in [-0.2, -0.15) is 0 Å². The third kappa shape index (κ3) is 2.74. The lowest BCUT2D eigenvalue weighted by Gasteiger charge is -2.03.